The van der Waals surface area contributed by atoms with Crippen LogP contribution in [0.2, 0.25) is 0 Å². The predicted molar refractivity (Wildman–Crippen MR) is 128 cm³/mol. The Labute approximate surface area is 204 Å². The van der Waals surface area contributed by atoms with Crippen LogP contribution in [0, 0.1) is 0 Å². The Balaban J connectivity index is 2.21. The summed E-state index contributed by atoms with van der Waals surface area (Å²) in [5, 5.41) is 16.3. The predicted octanol–water partition coefficient (Wildman–Crippen LogP) is 1.47. The molecule has 0 aliphatic heterocycles. The lowest BCUT2D eigenvalue weighted by molar-refractivity contribution is -0.133. The van der Waals surface area contributed by atoms with E-state index in [1.807, 2.05) is 36.4 Å². The highest BCUT2D eigenvalue weighted by atomic mass is 16.6. The van der Waals surface area contributed by atoms with E-state index in [1.165, 1.54) is 5.48 Å². The van der Waals surface area contributed by atoms with Gasteiger partial charge < -0.3 is 20.7 Å². The van der Waals surface area contributed by atoms with Crippen molar-refractivity contribution in [3.8, 4) is 0 Å². The summed E-state index contributed by atoms with van der Waals surface area (Å²) in [6.07, 6.45) is -0.459. The Morgan fingerprint density at radius 1 is 0.800 bits per heavy atom. The van der Waals surface area contributed by atoms with Gasteiger partial charge in [0.1, 0.15) is 17.7 Å². The lowest BCUT2D eigenvalue weighted by atomic mass is 10.0. The van der Waals surface area contributed by atoms with Crippen molar-refractivity contribution >= 4 is 23.8 Å². The number of ether oxygens (including phenoxy) is 1. The number of carbonyl (C=O) groups excluding carboxylic acids is 4. The number of nitrogens with one attached hydrogen (secondary N) is 4. The van der Waals surface area contributed by atoms with Crippen LogP contribution in [0.3, 0.4) is 0 Å². The zero-order valence-corrected chi connectivity index (χ0v) is 20.0. The molecule has 0 bridgehead atoms. The summed E-state index contributed by atoms with van der Waals surface area (Å²) >= 11 is 0. The quantitative estimate of drug-likeness (QED) is 0.255. The zero-order valence-electron chi connectivity index (χ0n) is 20.0. The molecule has 2 rings (SSSR count). The smallest absolute Gasteiger partial charge is 0.408 e. The summed E-state index contributed by atoms with van der Waals surface area (Å²) in [7, 11) is 0. The Hall–Kier alpha value is -3.92. The number of benzene rings is 2. The molecular weight excluding hydrogens is 452 g/mol. The van der Waals surface area contributed by atoms with Crippen LogP contribution in [0.5, 0.6) is 0 Å². The first-order valence-electron chi connectivity index (χ1n) is 11.2. The maximum absolute atomic E-state index is 13.3. The topological polar surface area (TPSA) is 146 Å². The standard InChI is InChI=1S/C25H32N4O6/c1-25(2,3)35-24(33)28-20(15-18-12-8-5-9-13-18)23(32)27-19(14-17-10-6-4-7-11-17)22(31)26-16-21(30)29-34/h4-13,19-20,34H,14-16H2,1-3H3,(H,26,31)(H,27,32)(H,28,33)(H,29,30)/t19-,20-/m0/s1. The SMILES string of the molecule is CC(C)(C)OC(=O)N[C@@H](Cc1ccccc1)C(=O)N[C@@H](Cc1ccccc1)C(=O)NCC(=O)NO. The van der Waals surface area contributed by atoms with Crippen molar-refractivity contribution < 1.29 is 29.1 Å². The Bertz CT molecular complexity index is 992. The summed E-state index contributed by atoms with van der Waals surface area (Å²) < 4.78 is 5.30. The monoisotopic (exact) mass is 484 g/mol. The number of hydrogen-bond donors (Lipinski definition) is 5. The van der Waals surface area contributed by atoms with Crippen LogP contribution in [0.15, 0.2) is 60.7 Å². The van der Waals surface area contributed by atoms with E-state index in [0.29, 0.717) is 0 Å². The van der Waals surface area contributed by atoms with Gasteiger partial charge in [0.05, 0.1) is 6.54 Å². The fourth-order valence-electron chi connectivity index (χ4n) is 3.17. The average molecular weight is 485 g/mol. The average Bonchev–Trinajstić information content (AvgIpc) is 2.81. The van der Waals surface area contributed by atoms with E-state index >= 15 is 0 Å². The second kappa shape index (κ2) is 13.1. The van der Waals surface area contributed by atoms with Gasteiger partial charge in [-0.2, -0.15) is 0 Å². The molecule has 10 heteroatoms. The first kappa shape index (κ1) is 27.3. The third-order valence-corrected chi connectivity index (χ3v) is 4.75. The van der Waals surface area contributed by atoms with E-state index in [-0.39, 0.29) is 12.8 Å². The molecule has 188 valence electrons. The van der Waals surface area contributed by atoms with E-state index in [0.717, 1.165) is 11.1 Å². The fourth-order valence-corrected chi connectivity index (χ4v) is 3.17. The third kappa shape index (κ3) is 10.3. The van der Waals surface area contributed by atoms with Gasteiger partial charge in [-0.05, 0) is 31.9 Å². The molecule has 0 saturated heterocycles. The van der Waals surface area contributed by atoms with Crippen molar-refractivity contribution in [1.82, 2.24) is 21.4 Å². The summed E-state index contributed by atoms with van der Waals surface area (Å²) in [6.45, 7) is 4.66. The molecule has 0 saturated carbocycles. The van der Waals surface area contributed by atoms with Gasteiger partial charge in [0.25, 0.3) is 5.91 Å². The first-order chi connectivity index (χ1) is 16.6. The zero-order chi connectivity index (χ0) is 25.8. The molecule has 35 heavy (non-hydrogen) atoms. The normalized spacial score (nSPS) is 12.6. The third-order valence-electron chi connectivity index (χ3n) is 4.75. The molecule has 0 heterocycles. The molecule has 2 aromatic rings. The number of amides is 4. The summed E-state index contributed by atoms with van der Waals surface area (Å²) in [5.41, 5.74) is 2.25. The molecule has 2 atom stereocenters. The molecule has 0 aromatic heterocycles. The summed E-state index contributed by atoms with van der Waals surface area (Å²) in [5.74, 6) is -2.03. The van der Waals surface area contributed by atoms with Crippen molar-refractivity contribution in [2.45, 2.75) is 51.3 Å². The Kier molecular flexibility index (Phi) is 10.2. The highest BCUT2D eigenvalue weighted by Crippen LogP contribution is 2.10. The van der Waals surface area contributed by atoms with E-state index in [4.69, 9.17) is 9.94 Å². The second-order valence-electron chi connectivity index (χ2n) is 8.89. The summed E-state index contributed by atoms with van der Waals surface area (Å²) in [6, 6.07) is 16.0. The molecule has 0 spiro atoms. The first-order valence-corrected chi connectivity index (χ1v) is 11.2. The van der Waals surface area contributed by atoms with Gasteiger partial charge in [-0.3, -0.25) is 19.6 Å². The van der Waals surface area contributed by atoms with Crippen molar-refractivity contribution in [3.05, 3.63) is 71.8 Å². The molecule has 0 aliphatic carbocycles. The van der Waals surface area contributed by atoms with Crippen LogP contribution in [0.4, 0.5) is 4.79 Å². The number of rotatable bonds is 10. The number of carbonyl (C=O) groups is 4. The van der Waals surface area contributed by atoms with Crippen molar-refractivity contribution in [1.29, 1.82) is 0 Å². The van der Waals surface area contributed by atoms with Crippen molar-refractivity contribution in [2.75, 3.05) is 6.54 Å². The number of hydrogen-bond acceptors (Lipinski definition) is 6. The molecule has 4 amide bonds. The summed E-state index contributed by atoms with van der Waals surface area (Å²) in [4.78, 5) is 49.8. The molecule has 0 aliphatic rings. The van der Waals surface area contributed by atoms with E-state index in [1.54, 1.807) is 45.0 Å². The highest BCUT2D eigenvalue weighted by molar-refractivity contribution is 5.93. The van der Waals surface area contributed by atoms with Crippen LogP contribution < -0.4 is 21.4 Å². The molecule has 0 fully saturated rings. The van der Waals surface area contributed by atoms with Crippen LogP contribution in [0.1, 0.15) is 31.9 Å². The molecule has 0 unspecified atom stereocenters. The maximum atomic E-state index is 13.3. The van der Waals surface area contributed by atoms with Gasteiger partial charge in [-0.15, -0.1) is 0 Å². The molecule has 5 N–H and O–H groups in total. The Morgan fingerprint density at radius 2 is 1.29 bits per heavy atom. The van der Waals surface area contributed by atoms with Crippen LogP contribution >= 0.6 is 0 Å². The van der Waals surface area contributed by atoms with Gasteiger partial charge in [0, 0.05) is 12.8 Å². The van der Waals surface area contributed by atoms with Gasteiger partial charge in [0.2, 0.25) is 11.8 Å². The molecule has 10 nitrogen and oxygen atoms in total. The van der Waals surface area contributed by atoms with Gasteiger partial charge in [0.15, 0.2) is 0 Å². The van der Waals surface area contributed by atoms with Crippen LogP contribution in [-0.2, 0) is 32.0 Å². The van der Waals surface area contributed by atoms with Crippen LogP contribution in [0.25, 0.3) is 0 Å². The van der Waals surface area contributed by atoms with Crippen LogP contribution in [-0.4, -0.2) is 53.3 Å². The van der Waals surface area contributed by atoms with E-state index in [9.17, 15) is 19.2 Å². The minimum Gasteiger partial charge on any atom is -0.444 e. The lowest BCUT2D eigenvalue weighted by Crippen LogP contribution is -2.56. The lowest BCUT2D eigenvalue weighted by Gasteiger charge is -2.25. The van der Waals surface area contributed by atoms with Crippen molar-refractivity contribution in [2.24, 2.45) is 0 Å². The largest absolute Gasteiger partial charge is 0.444 e. The Morgan fingerprint density at radius 3 is 1.74 bits per heavy atom. The minimum atomic E-state index is -1.05. The molecule has 2 aromatic carbocycles. The molecular formula is C25H32N4O6. The molecule has 0 radical (unpaired) electrons. The number of hydroxylamine groups is 1. The van der Waals surface area contributed by atoms with Gasteiger partial charge >= 0.3 is 6.09 Å². The minimum absolute atomic E-state index is 0.143. The van der Waals surface area contributed by atoms with Gasteiger partial charge in [-0.25, -0.2) is 10.3 Å². The van der Waals surface area contributed by atoms with Gasteiger partial charge in [-0.1, -0.05) is 60.7 Å². The van der Waals surface area contributed by atoms with E-state index < -0.39 is 48.0 Å². The second-order valence-corrected chi connectivity index (χ2v) is 8.89. The fraction of sp³-hybridized carbons (Fsp3) is 0.360. The maximum Gasteiger partial charge on any atom is 0.408 e. The van der Waals surface area contributed by atoms with E-state index in [2.05, 4.69) is 16.0 Å². The van der Waals surface area contributed by atoms with Crippen molar-refractivity contribution in [3.63, 3.8) is 0 Å². The highest BCUT2D eigenvalue weighted by Gasteiger charge is 2.29. The number of alkyl carbamates (subject to hydrolysis) is 1.